The summed E-state index contributed by atoms with van der Waals surface area (Å²) in [6.07, 6.45) is 0. The van der Waals surface area contributed by atoms with E-state index in [1.165, 1.54) is 12.1 Å². The van der Waals surface area contributed by atoms with Crippen molar-refractivity contribution in [1.82, 2.24) is 0 Å². The van der Waals surface area contributed by atoms with E-state index in [0.29, 0.717) is 27.7 Å². The van der Waals surface area contributed by atoms with Crippen LogP contribution in [-0.2, 0) is 11.3 Å². The first-order chi connectivity index (χ1) is 13.0. The molecule has 0 radical (unpaired) electrons. The average Bonchev–Trinajstić information content (AvgIpc) is 3.00. The highest BCUT2D eigenvalue weighted by Gasteiger charge is 2.20. The summed E-state index contributed by atoms with van der Waals surface area (Å²) in [4.78, 5) is 24.3. The summed E-state index contributed by atoms with van der Waals surface area (Å²) >= 11 is 0. The van der Waals surface area contributed by atoms with Crippen LogP contribution in [0.1, 0.15) is 27.2 Å². The van der Waals surface area contributed by atoms with Gasteiger partial charge in [-0.15, -0.1) is 0 Å². The van der Waals surface area contributed by atoms with Crippen molar-refractivity contribution < 1.29 is 23.5 Å². The van der Waals surface area contributed by atoms with Gasteiger partial charge in [-0.1, -0.05) is 18.2 Å². The lowest BCUT2D eigenvalue weighted by Gasteiger charge is -2.08. The summed E-state index contributed by atoms with van der Waals surface area (Å²) in [7, 11) is 0. The lowest BCUT2D eigenvalue weighted by atomic mass is 10.1. The molecule has 2 aromatic heterocycles. The molecule has 136 valence electrons. The molecule has 2 aromatic carbocycles. The number of aryl methyl sites for hydroxylation is 2. The molecule has 0 unspecified atom stereocenters. The van der Waals surface area contributed by atoms with Crippen molar-refractivity contribution in [1.29, 1.82) is 0 Å². The largest absolute Gasteiger partial charge is 0.508 e. The fraction of sp³-hybridized carbons (Fsp3) is 0.143. The Morgan fingerprint density at radius 1 is 1.04 bits per heavy atom. The molecule has 0 aliphatic rings. The summed E-state index contributed by atoms with van der Waals surface area (Å²) in [5, 5.41) is 11.3. The molecule has 6 heteroatoms. The van der Waals surface area contributed by atoms with Crippen LogP contribution in [0.25, 0.3) is 21.9 Å². The van der Waals surface area contributed by atoms with Crippen LogP contribution in [0.5, 0.6) is 5.75 Å². The maximum Gasteiger partial charge on any atom is 0.374 e. The van der Waals surface area contributed by atoms with E-state index in [0.717, 1.165) is 5.39 Å². The van der Waals surface area contributed by atoms with Gasteiger partial charge in [0, 0.05) is 33.5 Å². The van der Waals surface area contributed by atoms with Gasteiger partial charge in [-0.05, 0) is 32.0 Å². The second-order valence-electron chi connectivity index (χ2n) is 6.31. The first kappa shape index (κ1) is 16.9. The molecule has 0 atom stereocenters. The number of phenols is 1. The molecule has 0 saturated heterocycles. The standard InChI is InChI=1S/C21H16O6/c1-11-14-5-3-4-6-17(14)26-20(11)21(24)25-10-13-9-18(23)27-19-12(2)16(22)8-7-15(13)19/h3-9,22H,10H2,1-2H3. The van der Waals surface area contributed by atoms with Gasteiger partial charge in [0.2, 0.25) is 5.76 Å². The van der Waals surface area contributed by atoms with Crippen molar-refractivity contribution in [2.24, 2.45) is 0 Å². The molecule has 1 N–H and O–H groups in total. The smallest absolute Gasteiger partial charge is 0.374 e. The second-order valence-corrected chi connectivity index (χ2v) is 6.31. The van der Waals surface area contributed by atoms with Crippen LogP contribution >= 0.6 is 0 Å². The monoisotopic (exact) mass is 364 g/mol. The van der Waals surface area contributed by atoms with E-state index in [1.54, 1.807) is 26.0 Å². The van der Waals surface area contributed by atoms with Gasteiger partial charge in [0.25, 0.3) is 0 Å². The molecule has 0 fully saturated rings. The number of phenolic OH excluding ortho intramolecular Hbond substituents is 1. The Bertz CT molecular complexity index is 1240. The fourth-order valence-corrected chi connectivity index (χ4v) is 3.11. The molecule has 2 heterocycles. The van der Waals surface area contributed by atoms with E-state index in [4.69, 9.17) is 13.6 Å². The Hall–Kier alpha value is -3.54. The van der Waals surface area contributed by atoms with Crippen LogP contribution in [0, 0.1) is 13.8 Å². The fourth-order valence-electron chi connectivity index (χ4n) is 3.11. The number of ether oxygens (including phenoxy) is 1. The van der Waals surface area contributed by atoms with E-state index in [2.05, 4.69) is 0 Å². The van der Waals surface area contributed by atoms with Crippen molar-refractivity contribution >= 4 is 27.9 Å². The summed E-state index contributed by atoms with van der Waals surface area (Å²) in [5.41, 5.74) is 1.95. The minimum absolute atomic E-state index is 0.0256. The number of hydrogen-bond acceptors (Lipinski definition) is 6. The van der Waals surface area contributed by atoms with E-state index in [1.807, 2.05) is 18.2 Å². The Kier molecular flexibility index (Phi) is 3.96. The number of aromatic hydroxyl groups is 1. The molecule has 27 heavy (non-hydrogen) atoms. The number of carbonyl (C=O) groups excluding carboxylic acids is 1. The first-order valence-electron chi connectivity index (χ1n) is 8.36. The number of furan rings is 1. The van der Waals surface area contributed by atoms with Gasteiger partial charge in [0.1, 0.15) is 23.5 Å². The third kappa shape index (κ3) is 2.85. The summed E-state index contributed by atoms with van der Waals surface area (Å²) in [6, 6.07) is 11.8. The van der Waals surface area contributed by atoms with Crippen molar-refractivity contribution in [3.05, 3.63) is 75.3 Å². The molecular formula is C21H16O6. The zero-order valence-corrected chi connectivity index (χ0v) is 14.7. The number of hydrogen-bond donors (Lipinski definition) is 1. The minimum atomic E-state index is -0.611. The number of para-hydroxylation sites is 1. The topological polar surface area (TPSA) is 89.9 Å². The highest BCUT2D eigenvalue weighted by atomic mass is 16.5. The minimum Gasteiger partial charge on any atom is -0.508 e. The van der Waals surface area contributed by atoms with Crippen LogP contribution in [0.2, 0.25) is 0 Å². The van der Waals surface area contributed by atoms with Crippen molar-refractivity contribution in [2.75, 3.05) is 0 Å². The molecule has 6 nitrogen and oxygen atoms in total. The lowest BCUT2D eigenvalue weighted by molar-refractivity contribution is 0.0438. The molecule has 0 amide bonds. The summed E-state index contributed by atoms with van der Waals surface area (Å²) in [5.74, 6) is -0.449. The molecule has 0 spiro atoms. The van der Waals surface area contributed by atoms with Gasteiger partial charge in [-0.3, -0.25) is 0 Å². The zero-order chi connectivity index (χ0) is 19.1. The van der Waals surface area contributed by atoms with Crippen molar-refractivity contribution in [2.45, 2.75) is 20.5 Å². The SMILES string of the molecule is Cc1c(C(=O)OCc2cc(=O)oc3c(C)c(O)ccc23)oc2ccccc12. The quantitative estimate of drug-likeness (QED) is 0.432. The van der Waals surface area contributed by atoms with Crippen molar-refractivity contribution in [3.63, 3.8) is 0 Å². The van der Waals surface area contributed by atoms with Crippen LogP contribution in [0.4, 0.5) is 0 Å². The Balaban J connectivity index is 1.67. The third-order valence-corrected chi connectivity index (χ3v) is 4.61. The van der Waals surface area contributed by atoms with Gasteiger partial charge < -0.3 is 18.7 Å². The molecule has 0 aliphatic carbocycles. The number of rotatable bonds is 3. The molecule has 0 aliphatic heterocycles. The van der Waals surface area contributed by atoms with Crippen LogP contribution in [-0.4, -0.2) is 11.1 Å². The van der Waals surface area contributed by atoms with Gasteiger partial charge in [-0.2, -0.15) is 0 Å². The number of carbonyl (C=O) groups is 1. The van der Waals surface area contributed by atoms with Gasteiger partial charge >= 0.3 is 11.6 Å². The molecule has 4 rings (SSSR count). The van der Waals surface area contributed by atoms with Gasteiger partial charge in [-0.25, -0.2) is 9.59 Å². The Morgan fingerprint density at radius 2 is 1.81 bits per heavy atom. The number of fused-ring (bicyclic) bond motifs is 2. The lowest BCUT2D eigenvalue weighted by Crippen LogP contribution is -2.08. The third-order valence-electron chi connectivity index (χ3n) is 4.61. The second kappa shape index (κ2) is 6.32. The number of benzene rings is 2. The maximum atomic E-state index is 12.5. The first-order valence-corrected chi connectivity index (χ1v) is 8.36. The highest BCUT2D eigenvalue weighted by Crippen LogP contribution is 2.29. The van der Waals surface area contributed by atoms with E-state index >= 15 is 0 Å². The molecular weight excluding hydrogens is 348 g/mol. The zero-order valence-electron chi connectivity index (χ0n) is 14.7. The van der Waals surface area contributed by atoms with Gasteiger partial charge in [0.15, 0.2) is 0 Å². The molecule has 0 bridgehead atoms. The maximum absolute atomic E-state index is 12.5. The molecule has 4 aromatic rings. The van der Waals surface area contributed by atoms with Crippen LogP contribution in [0.3, 0.4) is 0 Å². The normalized spacial score (nSPS) is 11.2. The van der Waals surface area contributed by atoms with Crippen LogP contribution in [0.15, 0.2) is 56.1 Å². The predicted molar refractivity (Wildman–Crippen MR) is 99.0 cm³/mol. The van der Waals surface area contributed by atoms with E-state index < -0.39 is 11.6 Å². The van der Waals surface area contributed by atoms with Gasteiger partial charge in [0.05, 0.1) is 0 Å². The highest BCUT2D eigenvalue weighted by molar-refractivity contribution is 5.96. The van der Waals surface area contributed by atoms with Crippen LogP contribution < -0.4 is 5.63 Å². The molecule has 0 saturated carbocycles. The predicted octanol–water partition coefficient (Wildman–Crippen LogP) is 4.22. The Morgan fingerprint density at radius 3 is 2.59 bits per heavy atom. The van der Waals surface area contributed by atoms with Crippen molar-refractivity contribution in [3.8, 4) is 5.75 Å². The Labute approximate surface area is 153 Å². The number of esters is 1. The average molecular weight is 364 g/mol. The summed E-state index contributed by atoms with van der Waals surface area (Å²) in [6.45, 7) is 3.32. The van der Waals surface area contributed by atoms with E-state index in [-0.39, 0.29) is 23.7 Å². The summed E-state index contributed by atoms with van der Waals surface area (Å²) < 4.78 is 16.2. The van der Waals surface area contributed by atoms with E-state index in [9.17, 15) is 14.7 Å².